The average Bonchev–Trinajstić information content (AvgIpc) is 3.23. The van der Waals surface area contributed by atoms with Crippen LogP contribution in [0.15, 0.2) is 46.9 Å². The first-order chi connectivity index (χ1) is 13.3. The van der Waals surface area contributed by atoms with Gasteiger partial charge in [0.1, 0.15) is 16.5 Å². The first kappa shape index (κ1) is 19.3. The highest BCUT2D eigenvalue weighted by Gasteiger charge is 2.11. The van der Waals surface area contributed by atoms with Gasteiger partial charge in [-0.15, -0.1) is 0 Å². The zero-order chi connectivity index (χ0) is 20.3. The molecule has 1 amide bonds. The number of amides is 1. The molecule has 144 valence electrons. The van der Waals surface area contributed by atoms with Gasteiger partial charge in [0, 0.05) is 22.9 Å². The number of nitrogens with one attached hydrogen (secondary N) is 1. The van der Waals surface area contributed by atoms with Gasteiger partial charge in [-0.25, -0.2) is 4.39 Å². The maximum Gasteiger partial charge on any atom is 0.433 e. The van der Waals surface area contributed by atoms with Gasteiger partial charge in [-0.3, -0.25) is 19.6 Å². The Morgan fingerprint density at radius 3 is 2.86 bits per heavy atom. The fourth-order valence-corrected chi connectivity index (χ4v) is 2.63. The third-order valence-electron chi connectivity index (χ3n) is 3.76. The number of nitro groups is 1. The molecule has 1 aromatic carbocycles. The van der Waals surface area contributed by atoms with E-state index in [2.05, 4.69) is 10.4 Å². The summed E-state index contributed by atoms with van der Waals surface area (Å²) in [6.45, 7) is 2.12. The molecule has 0 bridgehead atoms. The molecule has 2 heterocycles. The summed E-state index contributed by atoms with van der Waals surface area (Å²) in [5, 5.41) is 17.7. The van der Waals surface area contributed by atoms with Crippen molar-refractivity contribution in [3.63, 3.8) is 0 Å². The van der Waals surface area contributed by atoms with Crippen molar-refractivity contribution in [2.45, 2.75) is 13.5 Å². The first-order valence-corrected chi connectivity index (χ1v) is 8.41. The first-order valence-electron chi connectivity index (χ1n) is 8.03. The summed E-state index contributed by atoms with van der Waals surface area (Å²) in [7, 11) is 0. The molecule has 0 spiro atoms. The number of hydrogen-bond donors (Lipinski definition) is 1. The molecule has 0 atom stereocenters. The summed E-state index contributed by atoms with van der Waals surface area (Å²) in [5.74, 6) is -0.824. The lowest BCUT2D eigenvalue weighted by atomic mass is 10.2. The molecule has 10 heteroatoms. The number of carbonyl (C=O) groups is 1. The Bertz CT molecular complexity index is 1070. The van der Waals surface area contributed by atoms with Crippen LogP contribution < -0.4 is 5.32 Å². The molecule has 3 rings (SSSR count). The fourth-order valence-electron chi connectivity index (χ4n) is 2.40. The zero-order valence-electron chi connectivity index (χ0n) is 14.6. The minimum Gasteiger partial charge on any atom is -0.401 e. The van der Waals surface area contributed by atoms with Crippen LogP contribution in [0.25, 0.3) is 6.08 Å². The molecule has 2 aromatic heterocycles. The van der Waals surface area contributed by atoms with Crippen molar-refractivity contribution in [1.29, 1.82) is 0 Å². The lowest BCUT2D eigenvalue weighted by Gasteiger charge is -2.06. The predicted molar refractivity (Wildman–Crippen MR) is 101 cm³/mol. The van der Waals surface area contributed by atoms with Crippen LogP contribution in [0.1, 0.15) is 17.0 Å². The molecule has 0 saturated heterocycles. The Morgan fingerprint density at radius 2 is 2.18 bits per heavy atom. The average molecular weight is 405 g/mol. The number of carbonyl (C=O) groups excluding carboxylic acids is 1. The molecule has 3 aromatic rings. The predicted octanol–water partition coefficient (Wildman–Crippen LogP) is 4.19. The number of anilines is 1. The van der Waals surface area contributed by atoms with Gasteiger partial charge < -0.3 is 9.73 Å². The van der Waals surface area contributed by atoms with E-state index in [4.69, 9.17) is 16.0 Å². The van der Waals surface area contributed by atoms with Crippen LogP contribution in [0.2, 0.25) is 5.02 Å². The molecular weight excluding hydrogens is 391 g/mol. The van der Waals surface area contributed by atoms with Gasteiger partial charge in [0.15, 0.2) is 5.82 Å². The van der Waals surface area contributed by atoms with Crippen LogP contribution in [0, 0.1) is 22.9 Å². The second-order valence-corrected chi connectivity index (χ2v) is 6.23. The Labute approximate surface area is 163 Å². The van der Waals surface area contributed by atoms with Crippen LogP contribution >= 0.6 is 11.6 Å². The van der Waals surface area contributed by atoms with E-state index in [0.29, 0.717) is 17.9 Å². The third-order valence-corrected chi connectivity index (χ3v) is 4.11. The lowest BCUT2D eigenvalue weighted by molar-refractivity contribution is -0.402. The number of halogens is 2. The van der Waals surface area contributed by atoms with Crippen molar-refractivity contribution >= 4 is 35.3 Å². The van der Waals surface area contributed by atoms with Gasteiger partial charge in [-0.1, -0.05) is 17.7 Å². The van der Waals surface area contributed by atoms with Gasteiger partial charge in [0.05, 0.1) is 12.6 Å². The van der Waals surface area contributed by atoms with Crippen LogP contribution in [-0.4, -0.2) is 20.6 Å². The highest BCUT2D eigenvalue weighted by atomic mass is 35.5. The quantitative estimate of drug-likeness (QED) is 0.377. The second-order valence-electron chi connectivity index (χ2n) is 5.82. The van der Waals surface area contributed by atoms with E-state index in [1.165, 1.54) is 36.4 Å². The van der Waals surface area contributed by atoms with E-state index in [1.54, 1.807) is 23.7 Å². The van der Waals surface area contributed by atoms with Crippen LogP contribution in [-0.2, 0) is 11.3 Å². The molecule has 0 unspecified atom stereocenters. The van der Waals surface area contributed by atoms with Crippen molar-refractivity contribution < 1.29 is 18.5 Å². The molecule has 0 aliphatic carbocycles. The summed E-state index contributed by atoms with van der Waals surface area (Å²) < 4.78 is 19.7. The minimum absolute atomic E-state index is 0.175. The highest BCUT2D eigenvalue weighted by molar-refractivity contribution is 6.31. The van der Waals surface area contributed by atoms with Crippen LogP contribution in [0.4, 0.5) is 16.1 Å². The van der Waals surface area contributed by atoms with Gasteiger partial charge in [0.2, 0.25) is 5.91 Å². The summed E-state index contributed by atoms with van der Waals surface area (Å²) in [6.07, 6.45) is 2.48. The normalized spacial score (nSPS) is 11.1. The molecule has 1 N–H and O–H groups in total. The SMILES string of the molecule is Cc1cc(NC(=O)/C=C/c2ccc([N+](=O)[O-])o2)nn1Cc1ccc(F)cc1Cl. The lowest BCUT2D eigenvalue weighted by Crippen LogP contribution is -2.09. The van der Waals surface area contributed by atoms with Crippen molar-refractivity contribution in [3.05, 3.63) is 80.4 Å². The number of hydrogen-bond acceptors (Lipinski definition) is 5. The van der Waals surface area contributed by atoms with Crippen LogP contribution in [0.3, 0.4) is 0 Å². The number of rotatable bonds is 6. The molecular formula is C18H14ClFN4O4. The zero-order valence-corrected chi connectivity index (χ0v) is 15.3. The smallest absolute Gasteiger partial charge is 0.401 e. The van der Waals surface area contributed by atoms with Gasteiger partial charge >= 0.3 is 5.88 Å². The maximum absolute atomic E-state index is 13.1. The molecule has 8 nitrogen and oxygen atoms in total. The Hall–Kier alpha value is -3.46. The summed E-state index contributed by atoms with van der Waals surface area (Å²) in [5.41, 5.74) is 1.45. The monoisotopic (exact) mass is 404 g/mol. The molecule has 0 saturated carbocycles. The van der Waals surface area contributed by atoms with Gasteiger partial charge in [-0.2, -0.15) is 5.10 Å². The largest absolute Gasteiger partial charge is 0.433 e. The Kier molecular flexibility index (Phi) is 5.55. The number of benzene rings is 1. The molecule has 0 fully saturated rings. The summed E-state index contributed by atoms with van der Waals surface area (Å²) in [6, 6.07) is 8.36. The standard InChI is InChI=1S/C18H14ClFN4O4/c1-11-8-16(22-23(11)10-12-2-3-13(20)9-15(12)19)21-17(25)6-4-14-5-7-18(28-14)24(26)27/h2-9H,10H2,1H3,(H,21,22,25)/b6-4+. The fraction of sp³-hybridized carbons (Fsp3) is 0.111. The number of furan rings is 1. The topological polar surface area (TPSA) is 103 Å². The highest BCUT2D eigenvalue weighted by Crippen LogP contribution is 2.20. The summed E-state index contributed by atoms with van der Waals surface area (Å²) in [4.78, 5) is 21.9. The van der Waals surface area contributed by atoms with Crippen molar-refractivity contribution in [2.24, 2.45) is 0 Å². The van der Waals surface area contributed by atoms with E-state index in [-0.39, 0.29) is 10.8 Å². The minimum atomic E-state index is -0.666. The molecule has 0 aliphatic rings. The Balaban J connectivity index is 1.66. The van der Waals surface area contributed by atoms with Crippen LogP contribution in [0.5, 0.6) is 0 Å². The summed E-state index contributed by atoms with van der Waals surface area (Å²) >= 11 is 6.03. The number of aromatic nitrogens is 2. The van der Waals surface area contributed by atoms with E-state index < -0.39 is 22.5 Å². The van der Waals surface area contributed by atoms with E-state index in [9.17, 15) is 19.3 Å². The third kappa shape index (κ3) is 4.63. The van der Waals surface area contributed by atoms with Crippen molar-refractivity contribution in [3.8, 4) is 0 Å². The van der Waals surface area contributed by atoms with E-state index >= 15 is 0 Å². The van der Waals surface area contributed by atoms with Crippen molar-refractivity contribution in [1.82, 2.24) is 9.78 Å². The van der Waals surface area contributed by atoms with Gasteiger partial charge in [0.25, 0.3) is 0 Å². The van der Waals surface area contributed by atoms with E-state index in [0.717, 1.165) is 5.69 Å². The van der Waals surface area contributed by atoms with Gasteiger partial charge in [-0.05, 0) is 36.8 Å². The molecule has 0 radical (unpaired) electrons. The maximum atomic E-state index is 13.1. The van der Waals surface area contributed by atoms with Crippen molar-refractivity contribution in [2.75, 3.05) is 5.32 Å². The number of aryl methyl sites for hydroxylation is 1. The molecule has 0 aliphatic heterocycles. The Morgan fingerprint density at radius 1 is 1.39 bits per heavy atom. The number of nitrogens with zero attached hydrogens (tertiary/aromatic N) is 3. The molecule has 28 heavy (non-hydrogen) atoms. The van der Waals surface area contributed by atoms with E-state index in [1.807, 2.05) is 0 Å². The second kappa shape index (κ2) is 8.05.